The van der Waals surface area contributed by atoms with E-state index in [0.29, 0.717) is 0 Å². The molecule has 0 aliphatic heterocycles. The summed E-state index contributed by atoms with van der Waals surface area (Å²) in [5, 5.41) is 0. The van der Waals surface area contributed by atoms with Crippen molar-refractivity contribution in [3.63, 3.8) is 0 Å². The predicted molar refractivity (Wildman–Crippen MR) is 54.0 cm³/mol. The number of hydrogen-bond donors (Lipinski definition) is 0. The second kappa shape index (κ2) is 5.94. The highest BCUT2D eigenvalue weighted by Crippen LogP contribution is 2.19. The first-order valence-corrected chi connectivity index (χ1v) is 5.08. The summed E-state index contributed by atoms with van der Waals surface area (Å²) in [5.74, 6) is -0.0168. The molecule has 1 aliphatic rings. The molecule has 0 N–H and O–H groups in total. The molecule has 3 heteroatoms. The maximum absolute atomic E-state index is 11.8. The Morgan fingerprint density at radius 1 is 1.29 bits per heavy atom. The van der Waals surface area contributed by atoms with Gasteiger partial charge in [0.2, 0.25) is 12.1 Å². The molecule has 0 heterocycles. The van der Waals surface area contributed by atoms with E-state index in [2.05, 4.69) is 0 Å². The van der Waals surface area contributed by atoms with Crippen LogP contribution in [0, 0.1) is 0 Å². The van der Waals surface area contributed by atoms with Crippen LogP contribution in [0.1, 0.15) is 32.1 Å². The lowest BCUT2D eigenvalue weighted by Gasteiger charge is -2.13. The highest BCUT2D eigenvalue weighted by atomic mass is 16.7. The summed E-state index contributed by atoms with van der Waals surface area (Å²) in [5.41, 5.74) is 0.871. The van der Waals surface area contributed by atoms with Crippen molar-refractivity contribution in [2.24, 2.45) is 0 Å². The normalized spacial score (nSPS) is 17.8. The number of rotatable bonds is 4. The van der Waals surface area contributed by atoms with E-state index in [4.69, 9.17) is 9.47 Å². The maximum atomic E-state index is 11.8. The van der Waals surface area contributed by atoms with Gasteiger partial charge in [-0.05, 0) is 31.3 Å². The molecule has 80 valence electrons. The second-order valence-corrected chi connectivity index (χ2v) is 3.50. The minimum Gasteiger partial charge on any atom is -0.349 e. The van der Waals surface area contributed by atoms with Gasteiger partial charge in [0.05, 0.1) is 0 Å². The van der Waals surface area contributed by atoms with Crippen LogP contribution in [-0.2, 0) is 14.3 Å². The van der Waals surface area contributed by atoms with Crippen molar-refractivity contribution in [2.75, 3.05) is 14.2 Å². The van der Waals surface area contributed by atoms with Gasteiger partial charge in [0.1, 0.15) is 0 Å². The average Bonchev–Trinajstić information content (AvgIpc) is 2.47. The molecule has 0 unspecified atom stereocenters. The standard InChI is InChI=1S/C11H18O3/c1-13-11(14-2)10(12)9-7-5-3-4-6-8-9/h7,11H,3-6,8H2,1-2H3. The van der Waals surface area contributed by atoms with E-state index in [1.54, 1.807) is 0 Å². The van der Waals surface area contributed by atoms with Gasteiger partial charge >= 0.3 is 0 Å². The van der Waals surface area contributed by atoms with Crippen molar-refractivity contribution in [3.05, 3.63) is 11.6 Å². The monoisotopic (exact) mass is 198 g/mol. The summed E-state index contributed by atoms with van der Waals surface area (Å²) < 4.78 is 9.89. The van der Waals surface area contributed by atoms with Gasteiger partial charge in [-0.15, -0.1) is 0 Å². The van der Waals surface area contributed by atoms with Gasteiger partial charge in [-0.25, -0.2) is 0 Å². The number of Topliss-reactive ketones (excluding diaryl/α,β-unsaturated/α-hetero) is 1. The molecule has 0 spiro atoms. The fourth-order valence-electron chi connectivity index (χ4n) is 1.70. The number of carbonyl (C=O) groups excluding carboxylic acids is 1. The average molecular weight is 198 g/mol. The Labute approximate surface area is 85.1 Å². The Kier molecular flexibility index (Phi) is 4.84. The van der Waals surface area contributed by atoms with Crippen molar-refractivity contribution >= 4 is 5.78 Å². The van der Waals surface area contributed by atoms with Gasteiger partial charge in [-0.3, -0.25) is 4.79 Å². The Morgan fingerprint density at radius 2 is 2.00 bits per heavy atom. The van der Waals surface area contributed by atoms with Crippen LogP contribution in [0.3, 0.4) is 0 Å². The van der Waals surface area contributed by atoms with Gasteiger partial charge in [-0.1, -0.05) is 12.5 Å². The predicted octanol–water partition coefficient (Wildman–Crippen LogP) is 2.06. The number of hydrogen-bond acceptors (Lipinski definition) is 3. The van der Waals surface area contributed by atoms with E-state index in [1.165, 1.54) is 27.1 Å². The molecule has 1 rings (SSSR count). The third kappa shape index (κ3) is 2.93. The molecule has 0 radical (unpaired) electrons. The van der Waals surface area contributed by atoms with Gasteiger partial charge in [0.15, 0.2) is 0 Å². The molecule has 0 fully saturated rings. The lowest BCUT2D eigenvalue weighted by Crippen LogP contribution is -2.26. The lowest BCUT2D eigenvalue weighted by molar-refractivity contribution is -0.152. The van der Waals surface area contributed by atoms with E-state index < -0.39 is 6.29 Å². The number of allylic oxidation sites excluding steroid dienone is 1. The third-order valence-electron chi connectivity index (χ3n) is 2.50. The molecule has 3 nitrogen and oxygen atoms in total. The summed E-state index contributed by atoms with van der Waals surface area (Å²) in [4.78, 5) is 11.8. The fraction of sp³-hybridized carbons (Fsp3) is 0.727. The third-order valence-corrected chi connectivity index (χ3v) is 2.50. The fourth-order valence-corrected chi connectivity index (χ4v) is 1.70. The first-order valence-electron chi connectivity index (χ1n) is 5.08. The molecule has 0 saturated heterocycles. The molecule has 0 aromatic rings. The molecule has 0 saturated carbocycles. The molecular weight excluding hydrogens is 180 g/mol. The van der Waals surface area contributed by atoms with Crippen molar-refractivity contribution in [1.82, 2.24) is 0 Å². The molecular formula is C11H18O3. The quantitative estimate of drug-likeness (QED) is 0.649. The van der Waals surface area contributed by atoms with Crippen LogP contribution >= 0.6 is 0 Å². The van der Waals surface area contributed by atoms with Gasteiger partial charge in [0, 0.05) is 14.2 Å². The summed E-state index contributed by atoms with van der Waals surface area (Å²) in [7, 11) is 2.98. The van der Waals surface area contributed by atoms with Gasteiger partial charge in [0.25, 0.3) is 0 Å². The van der Waals surface area contributed by atoms with Crippen LogP contribution in [0.5, 0.6) is 0 Å². The zero-order chi connectivity index (χ0) is 10.4. The number of ketones is 1. The molecule has 1 aliphatic carbocycles. The van der Waals surface area contributed by atoms with E-state index in [9.17, 15) is 4.79 Å². The molecule has 0 bridgehead atoms. The van der Waals surface area contributed by atoms with Crippen LogP contribution in [0.15, 0.2) is 11.6 Å². The minimum absolute atomic E-state index is 0.0168. The molecule has 0 atom stereocenters. The van der Waals surface area contributed by atoms with Crippen LogP contribution < -0.4 is 0 Å². The van der Waals surface area contributed by atoms with Crippen LogP contribution in [0.2, 0.25) is 0 Å². The Morgan fingerprint density at radius 3 is 2.64 bits per heavy atom. The van der Waals surface area contributed by atoms with Crippen molar-refractivity contribution < 1.29 is 14.3 Å². The van der Waals surface area contributed by atoms with E-state index in [1.807, 2.05) is 6.08 Å². The first kappa shape index (κ1) is 11.4. The molecule has 14 heavy (non-hydrogen) atoms. The van der Waals surface area contributed by atoms with E-state index in [0.717, 1.165) is 24.8 Å². The zero-order valence-corrected chi connectivity index (χ0v) is 8.91. The number of ether oxygens (including phenoxy) is 2. The van der Waals surface area contributed by atoms with Crippen molar-refractivity contribution in [2.45, 2.75) is 38.4 Å². The van der Waals surface area contributed by atoms with Crippen LogP contribution in [-0.4, -0.2) is 26.3 Å². The van der Waals surface area contributed by atoms with Crippen LogP contribution in [0.25, 0.3) is 0 Å². The highest BCUT2D eigenvalue weighted by molar-refractivity contribution is 5.97. The largest absolute Gasteiger partial charge is 0.349 e. The van der Waals surface area contributed by atoms with Crippen LogP contribution in [0.4, 0.5) is 0 Å². The van der Waals surface area contributed by atoms with E-state index >= 15 is 0 Å². The highest BCUT2D eigenvalue weighted by Gasteiger charge is 2.21. The maximum Gasteiger partial charge on any atom is 0.221 e. The van der Waals surface area contributed by atoms with E-state index in [-0.39, 0.29) is 5.78 Å². The second-order valence-electron chi connectivity index (χ2n) is 3.50. The summed E-state index contributed by atoms with van der Waals surface area (Å²) in [6.07, 6.45) is 6.65. The van der Waals surface area contributed by atoms with Gasteiger partial charge in [-0.2, -0.15) is 0 Å². The first-order chi connectivity index (χ1) is 6.79. The SMILES string of the molecule is COC(OC)C(=O)C1=CCCCCC1. The Balaban J connectivity index is 2.61. The lowest BCUT2D eigenvalue weighted by atomic mass is 10.1. The zero-order valence-electron chi connectivity index (χ0n) is 8.91. The van der Waals surface area contributed by atoms with Gasteiger partial charge < -0.3 is 9.47 Å². The minimum atomic E-state index is -0.723. The van der Waals surface area contributed by atoms with Crippen molar-refractivity contribution in [3.8, 4) is 0 Å². The number of carbonyl (C=O) groups is 1. The Hall–Kier alpha value is -0.670. The molecule has 0 amide bonds. The summed E-state index contributed by atoms with van der Waals surface area (Å²) >= 11 is 0. The molecule has 0 aromatic carbocycles. The Bertz CT molecular complexity index is 217. The molecule has 0 aromatic heterocycles. The number of methoxy groups -OCH3 is 2. The summed E-state index contributed by atoms with van der Waals surface area (Å²) in [6, 6.07) is 0. The van der Waals surface area contributed by atoms with Crippen molar-refractivity contribution in [1.29, 1.82) is 0 Å². The summed E-state index contributed by atoms with van der Waals surface area (Å²) in [6.45, 7) is 0. The smallest absolute Gasteiger partial charge is 0.221 e. The topological polar surface area (TPSA) is 35.5 Å².